The van der Waals surface area contributed by atoms with Gasteiger partial charge in [0.1, 0.15) is 0 Å². The number of pyridine rings is 1. The van der Waals surface area contributed by atoms with Gasteiger partial charge < -0.3 is 0 Å². The molecule has 7 heteroatoms. The molecule has 0 aliphatic carbocycles. The third kappa shape index (κ3) is 4.51. The van der Waals surface area contributed by atoms with Crippen molar-refractivity contribution in [3.8, 4) is 0 Å². The molecule has 1 aromatic rings. The molecule has 0 fully saturated rings. The zero-order valence-electron chi connectivity index (χ0n) is 10.2. The first-order chi connectivity index (χ1) is 8.33. The van der Waals surface area contributed by atoms with Crippen molar-refractivity contribution in [2.45, 2.75) is 30.7 Å². The van der Waals surface area contributed by atoms with Gasteiger partial charge in [-0.3, -0.25) is 0 Å². The molecule has 0 radical (unpaired) electrons. The maximum atomic E-state index is 13.3. The summed E-state index contributed by atoms with van der Waals surface area (Å²) in [6.45, 7) is 4.03. The minimum absolute atomic E-state index is 0.0537. The van der Waals surface area contributed by atoms with Crippen molar-refractivity contribution in [1.82, 2.24) is 9.71 Å². The Labute approximate surface area is 112 Å². The normalized spacial score (nSPS) is 13.8. The molecule has 1 unspecified atom stereocenters. The molecular formula is C11H16ClFN2O2S. The Morgan fingerprint density at radius 2 is 2.17 bits per heavy atom. The van der Waals surface area contributed by atoms with Crippen LogP contribution in [0.25, 0.3) is 0 Å². The van der Waals surface area contributed by atoms with Gasteiger partial charge in [0, 0.05) is 18.1 Å². The Hall–Kier alpha value is -0.720. The van der Waals surface area contributed by atoms with Crippen LogP contribution in [0.1, 0.15) is 20.3 Å². The molecule has 1 rings (SSSR count). The predicted octanol–water partition coefficient (Wildman–Crippen LogP) is 2.15. The number of nitrogens with zero attached hydrogens (tertiary/aromatic N) is 1. The number of aromatic nitrogens is 1. The van der Waals surface area contributed by atoms with Gasteiger partial charge in [-0.25, -0.2) is 22.5 Å². The lowest BCUT2D eigenvalue weighted by Gasteiger charge is -2.13. The summed E-state index contributed by atoms with van der Waals surface area (Å²) in [4.78, 5) is 3.52. The number of hydrogen-bond acceptors (Lipinski definition) is 3. The van der Waals surface area contributed by atoms with E-state index in [9.17, 15) is 12.8 Å². The molecule has 0 saturated carbocycles. The lowest BCUT2D eigenvalue weighted by Crippen LogP contribution is -2.31. The van der Waals surface area contributed by atoms with Gasteiger partial charge in [-0.1, -0.05) is 13.8 Å². The SMILES string of the molecule is CC(C)CC(Cl)CNS(=O)(=O)c1ncccc1F. The van der Waals surface area contributed by atoms with E-state index in [1.807, 2.05) is 13.8 Å². The largest absolute Gasteiger partial charge is 0.261 e. The lowest BCUT2D eigenvalue weighted by molar-refractivity contribution is 0.530. The fourth-order valence-corrected chi connectivity index (χ4v) is 3.04. The summed E-state index contributed by atoms with van der Waals surface area (Å²) in [6, 6.07) is 2.38. The molecule has 0 spiro atoms. The molecule has 1 aromatic heterocycles. The second-order valence-electron chi connectivity index (χ2n) is 4.37. The van der Waals surface area contributed by atoms with Crippen LogP contribution in [-0.4, -0.2) is 25.3 Å². The standard InChI is InChI=1S/C11H16ClFN2O2S/c1-8(2)6-9(12)7-15-18(16,17)11-10(13)4-3-5-14-11/h3-5,8-9,15H,6-7H2,1-2H3. The van der Waals surface area contributed by atoms with E-state index in [2.05, 4.69) is 9.71 Å². The minimum Gasteiger partial charge on any atom is -0.241 e. The summed E-state index contributed by atoms with van der Waals surface area (Å²) in [6.07, 6.45) is 1.90. The smallest absolute Gasteiger partial charge is 0.241 e. The van der Waals surface area contributed by atoms with Crippen molar-refractivity contribution in [2.24, 2.45) is 5.92 Å². The summed E-state index contributed by atoms with van der Waals surface area (Å²) in [5.74, 6) is -0.511. The number of sulfonamides is 1. The first-order valence-electron chi connectivity index (χ1n) is 5.57. The molecule has 1 heterocycles. The molecule has 18 heavy (non-hydrogen) atoms. The van der Waals surface area contributed by atoms with E-state index in [0.717, 1.165) is 6.07 Å². The van der Waals surface area contributed by atoms with Crippen LogP contribution in [0.15, 0.2) is 23.4 Å². The van der Waals surface area contributed by atoms with E-state index >= 15 is 0 Å². The Morgan fingerprint density at radius 1 is 1.50 bits per heavy atom. The zero-order valence-corrected chi connectivity index (χ0v) is 11.8. The Kier molecular flexibility index (Phi) is 5.49. The molecule has 0 aliphatic rings. The highest BCUT2D eigenvalue weighted by atomic mass is 35.5. The predicted molar refractivity (Wildman–Crippen MR) is 68.5 cm³/mol. The Morgan fingerprint density at radius 3 is 2.72 bits per heavy atom. The molecule has 102 valence electrons. The van der Waals surface area contributed by atoms with Crippen LogP contribution in [-0.2, 0) is 10.0 Å². The van der Waals surface area contributed by atoms with Crippen LogP contribution in [0.2, 0.25) is 0 Å². The minimum atomic E-state index is -3.94. The first kappa shape index (κ1) is 15.3. The number of nitrogens with one attached hydrogen (secondary N) is 1. The molecule has 1 atom stereocenters. The van der Waals surface area contributed by atoms with Gasteiger partial charge in [0.05, 0.1) is 0 Å². The van der Waals surface area contributed by atoms with E-state index in [1.165, 1.54) is 12.3 Å². The lowest BCUT2D eigenvalue weighted by atomic mass is 10.1. The molecular weight excluding hydrogens is 279 g/mol. The summed E-state index contributed by atoms with van der Waals surface area (Å²) < 4.78 is 39.1. The van der Waals surface area contributed by atoms with Crippen molar-refractivity contribution < 1.29 is 12.8 Å². The number of rotatable bonds is 6. The van der Waals surface area contributed by atoms with Gasteiger partial charge in [-0.2, -0.15) is 0 Å². The van der Waals surface area contributed by atoms with E-state index in [0.29, 0.717) is 12.3 Å². The van der Waals surface area contributed by atoms with Crippen molar-refractivity contribution in [2.75, 3.05) is 6.54 Å². The highest BCUT2D eigenvalue weighted by Crippen LogP contribution is 2.13. The molecule has 0 aliphatic heterocycles. The molecule has 0 saturated heterocycles. The summed E-state index contributed by atoms with van der Waals surface area (Å²) in [5, 5.41) is -0.926. The Bertz CT molecular complexity index is 494. The summed E-state index contributed by atoms with van der Waals surface area (Å²) in [5.41, 5.74) is 0. The fourth-order valence-electron chi connectivity index (χ4n) is 1.43. The number of alkyl halides is 1. The van der Waals surface area contributed by atoms with Crippen molar-refractivity contribution in [3.63, 3.8) is 0 Å². The topological polar surface area (TPSA) is 59.1 Å². The fraction of sp³-hybridized carbons (Fsp3) is 0.545. The van der Waals surface area contributed by atoms with Gasteiger partial charge >= 0.3 is 0 Å². The van der Waals surface area contributed by atoms with Crippen LogP contribution in [0.3, 0.4) is 0 Å². The van der Waals surface area contributed by atoms with Crippen molar-refractivity contribution >= 4 is 21.6 Å². The Balaban J connectivity index is 2.69. The number of hydrogen-bond donors (Lipinski definition) is 1. The van der Waals surface area contributed by atoms with E-state index in [4.69, 9.17) is 11.6 Å². The van der Waals surface area contributed by atoms with Crippen LogP contribution in [0, 0.1) is 11.7 Å². The summed E-state index contributed by atoms with van der Waals surface area (Å²) in [7, 11) is -3.94. The van der Waals surface area contributed by atoms with E-state index in [-0.39, 0.29) is 11.9 Å². The van der Waals surface area contributed by atoms with Gasteiger partial charge in [0.15, 0.2) is 5.82 Å². The zero-order chi connectivity index (χ0) is 13.8. The van der Waals surface area contributed by atoms with Gasteiger partial charge in [-0.15, -0.1) is 11.6 Å². The van der Waals surface area contributed by atoms with Gasteiger partial charge in [0.25, 0.3) is 10.0 Å². The second-order valence-corrected chi connectivity index (χ2v) is 6.67. The second kappa shape index (κ2) is 6.45. The first-order valence-corrected chi connectivity index (χ1v) is 7.49. The third-order valence-corrected chi connectivity index (χ3v) is 3.89. The van der Waals surface area contributed by atoms with Crippen LogP contribution in [0.4, 0.5) is 4.39 Å². The van der Waals surface area contributed by atoms with Gasteiger partial charge in [-0.05, 0) is 24.5 Å². The molecule has 0 aromatic carbocycles. The average Bonchev–Trinajstić information content (AvgIpc) is 2.26. The highest BCUT2D eigenvalue weighted by molar-refractivity contribution is 7.89. The average molecular weight is 295 g/mol. The third-order valence-electron chi connectivity index (χ3n) is 2.20. The van der Waals surface area contributed by atoms with Crippen molar-refractivity contribution in [3.05, 3.63) is 24.1 Å². The summed E-state index contributed by atoms with van der Waals surface area (Å²) >= 11 is 5.97. The van der Waals surface area contributed by atoms with Gasteiger partial charge in [0.2, 0.25) is 5.03 Å². The van der Waals surface area contributed by atoms with Crippen LogP contribution in [0.5, 0.6) is 0 Å². The molecule has 1 N–H and O–H groups in total. The van der Waals surface area contributed by atoms with Crippen molar-refractivity contribution in [1.29, 1.82) is 0 Å². The maximum Gasteiger partial charge on any atom is 0.261 e. The highest BCUT2D eigenvalue weighted by Gasteiger charge is 2.21. The van der Waals surface area contributed by atoms with Crippen LogP contribution < -0.4 is 4.72 Å². The molecule has 4 nitrogen and oxygen atoms in total. The van der Waals surface area contributed by atoms with E-state index < -0.39 is 20.9 Å². The van der Waals surface area contributed by atoms with Crippen LogP contribution >= 0.6 is 11.6 Å². The molecule has 0 amide bonds. The maximum absolute atomic E-state index is 13.3. The number of halogens is 2. The molecule has 0 bridgehead atoms. The monoisotopic (exact) mass is 294 g/mol. The quantitative estimate of drug-likeness (QED) is 0.818. The van der Waals surface area contributed by atoms with E-state index in [1.54, 1.807) is 0 Å².